The van der Waals surface area contributed by atoms with Gasteiger partial charge in [0, 0.05) is 37.1 Å². The van der Waals surface area contributed by atoms with E-state index in [1.54, 1.807) is 29.7 Å². The van der Waals surface area contributed by atoms with Gasteiger partial charge in [-0.2, -0.15) is 0 Å². The van der Waals surface area contributed by atoms with Crippen molar-refractivity contribution in [2.45, 2.75) is 43.9 Å². The molecular formula is C43H48N10O2. The van der Waals surface area contributed by atoms with E-state index in [0.717, 1.165) is 57.9 Å². The van der Waals surface area contributed by atoms with Gasteiger partial charge < -0.3 is 19.8 Å². The monoisotopic (exact) mass is 736 g/mol. The van der Waals surface area contributed by atoms with Crippen molar-refractivity contribution in [1.29, 1.82) is 0 Å². The number of nitrogens with zero attached hydrogens (tertiary/aromatic N) is 8. The van der Waals surface area contributed by atoms with Gasteiger partial charge in [-0.25, -0.2) is 19.9 Å². The molecule has 55 heavy (non-hydrogen) atoms. The van der Waals surface area contributed by atoms with Crippen molar-refractivity contribution in [3.05, 3.63) is 132 Å². The Morgan fingerprint density at radius 2 is 1.24 bits per heavy atom. The lowest BCUT2D eigenvalue weighted by atomic mass is 10.0. The van der Waals surface area contributed by atoms with Gasteiger partial charge in [0.15, 0.2) is 5.82 Å². The summed E-state index contributed by atoms with van der Waals surface area (Å²) >= 11 is 0. The topological polar surface area (TPSA) is 130 Å². The first-order chi connectivity index (χ1) is 26.6. The molecule has 2 N–H and O–H groups in total. The van der Waals surface area contributed by atoms with Gasteiger partial charge in [0.25, 0.3) is 0 Å². The van der Waals surface area contributed by atoms with Crippen molar-refractivity contribution in [1.82, 2.24) is 49.5 Å². The van der Waals surface area contributed by atoms with E-state index in [2.05, 4.69) is 24.9 Å². The fourth-order valence-corrected chi connectivity index (χ4v) is 7.40. The van der Waals surface area contributed by atoms with Crippen LogP contribution >= 0.6 is 0 Å². The van der Waals surface area contributed by atoms with E-state index in [1.807, 2.05) is 142 Å². The van der Waals surface area contributed by atoms with Gasteiger partial charge in [0.1, 0.15) is 23.7 Å². The Morgan fingerprint density at radius 1 is 0.673 bits per heavy atom. The zero-order valence-corrected chi connectivity index (χ0v) is 32.2. The summed E-state index contributed by atoms with van der Waals surface area (Å²) in [6.07, 6.45) is 8.95. The Morgan fingerprint density at radius 3 is 1.85 bits per heavy atom. The second kappa shape index (κ2) is 16.2. The number of likely N-dealkylation sites (N-methyl/N-ethyl adjacent to an activating group) is 3. The summed E-state index contributed by atoms with van der Waals surface area (Å²) in [7, 11) is 9.54. The van der Waals surface area contributed by atoms with Gasteiger partial charge in [-0.05, 0) is 64.6 Å². The number of nitrogens with one attached hydrogen (secondary N) is 2. The third-order valence-electron chi connectivity index (χ3n) is 10.5. The zero-order chi connectivity index (χ0) is 38.6. The molecule has 12 nitrogen and oxygen atoms in total. The minimum atomic E-state index is -0.398. The number of carbonyl (C=O) groups is 2. The van der Waals surface area contributed by atoms with Crippen molar-refractivity contribution >= 4 is 11.8 Å². The minimum absolute atomic E-state index is 0.00484. The molecule has 282 valence electrons. The third-order valence-corrected chi connectivity index (χ3v) is 10.5. The van der Waals surface area contributed by atoms with Crippen LogP contribution in [0.15, 0.2) is 110 Å². The van der Waals surface area contributed by atoms with Gasteiger partial charge in [-0.1, -0.05) is 84.9 Å². The summed E-state index contributed by atoms with van der Waals surface area (Å²) in [6.45, 7) is 2.67. The van der Waals surface area contributed by atoms with Crippen LogP contribution < -0.4 is 0 Å². The number of benzene rings is 3. The largest absolute Gasteiger partial charge is 0.340 e. The first-order valence-corrected chi connectivity index (χ1v) is 18.6. The highest BCUT2D eigenvalue weighted by molar-refractivity contribution is 5.84. The second-order valence-corrected chi connectivity index (χ2v) is 14.6. The van der Waals surface area contributed by atoms with Gasteiger partial charge in [-0.3, -0.25) is 19.4 Å². The number of aromatic nitrogens is 6. The molecule has 2 amide bonds. The highest BCUT2D eigenvalue weighted by Gasteiger charge is 2.37. The summed E-state index contributed by atoms with van der Waals surface area (Å²) in [5, 5.41) is 0. The first-order valence-electron chi connectivity index (χ1n) is 18.6. The number of aromatic amines is 2. The molecule has 0 spiro atoms. The average Bonchev–Trinajstić information content (AvgIpc) is 4.00. The van der Waals surface area contributed by atoms with E-state index in [9.17, 15) is 9.59 Å². The molecule has 4 atom stereocenters. The molecule has 1 fully saturated rings. The Bertz CT molecular complexity index is 2200. The molecule has 3 aromatic heterocycles. The summed E-state index contributed by atoms with van der Waals surface area (Å²) in [6, 6.07) is 26.6. The molecule has 0 bridgehead atoms. The molecule has 6 aromatic rings. The molecule has 4 heterocycles. The van der Waals surface area contributed by atoms with E-state index in [0.29, 0.717) is 18.2 Å². The van der Waals surface area contributed by atoms with Crippen LogP contribution in [0.2, 0.25) is 0 Å². The highest BCUT2D eigenvalue weighted by atomic mass is 16.2. The van der Waals surface area contributed by atoms with Gasteiger partial charge >= 0.3 is 0 Å². The van der Waals surface area contributed by atoms with Crippen molar-refractivity contribution in [3.8, 4) is 33.9 Å². The number of imidazole rings is 2. The van der Waals surface area contributed by atoms with Crippen molar-refractivity contribution in [3.63, 3.8) is 0 Å². The lowest BCUT2D eigenvalue weighted by molar-refractivity contribution is -0.138. The predicted molar refractivity (Wildman–Crippen MR) is 213 cm³/mol. The number of hydrogen-bond acceptors (Lipinski definition) is 8. The first kappa shape index (κ1) is 37.3. The third kappa shape index (κ3) is 7.82. The lowest BCUT2D eigenvalue weighted by Gasteiger charge is -2.31. The van der Waals surface area contributed by atoms with Gasteiger partial charge in [0.05, 0.1) is 35.9 Å². The number of carbonyl (C=O) groups excluding carboxylic acids is 2. The maximum Gasteiger partial charge on any atom is 0.245 e. The fraction of sp³-hybridized carbons (Fsp3) is 0.302. The molecule has 2 unspecified atom stereocenters. The van der Waals surface area contributed by atoms with Crippen LogP contribution in [-0.4, -0.2) is 103 Å². The molecular weight excluding hydrogens is 689 g/mol. The zero-order valence-electron chi connectivity index (χ0n) is 32.2. The van der Waals surface area contributed by atoms with Crippen LogP contribution in [0.25, 0.3) is 33.9 Å². The minimum Gasteiger partial charge on any atom is -0.340 e. The van der Waals surface area contributed by atoms with Crippen LogP contribution in [0, 0.1) is 0 Å². The van der Waals surface area contributed by atoms with E-state index in [4.69, 9.17) is 4.98 Å². The van der Waals surface area contributed by atoms with Crippen LogP contribution in [0.1, 0.15) is 66.7 Å². The summed E-state index contributed by atoms with van der Waals surface area (Å²) in [5.74, 6) is 2.15. The molecule has 1 aliphatic heterocycles. The van der Waals surface area contributed by atoms with Gasteiger partial charge in [-0.15, -0.1) is 0 Å². The molecule has 1 saturated heterocycles. The summed E-state index contributed by atoms with van der Waals surface area (Å²) in [5.41, 5.74) is 6.23. The maximum atomic E-state index is 13.9. The predicted octanol–water partition coefficient (Wildman–Crippen LogP) is 6.71. The van der Waals surface area contributed by atoms with E-state index < -0.39 is 6.04 Å². The average molecular weight is 737 g/mol. The highest BCUT2D eigenvalue weighted by Crippen LogP contribution is 2.35. The molecule has 0 aliphatic carbocycles. The number of rotatable bonds is 12. The summed E-state index contributed by atoms with van der Waals surface area (Å²) in [4.78, 5) is 60.7. The SMILES string of the molecule is C[C@@H](c1ncc(-c2ccc(-c3ncc(-c4cnc(C5CCCN5C(=O)C(c5ccccc5)N(C)C)[nH]4)cn3)cc2)[nH]1)N(C)C(=O)[C@H](c1ccccc1)N(C)C. The number of likely N-dealkylation sites (tertiary alicyclic amines) is 1. The van der Waals surface area contributed by atoms with Crippen LogP contribution in [0.5, 0.6) is 0 Å². The molecule has 3 aromatic carbocycles. The Kier molecular flexibility index (Phi) is 11.0. The standard InChI is InChI=1S/C43H48N10O2/c1-28(52(6)42(54)37(50(2)3)30-14-9-7-10-15-30)39-46-26-34(48-39)29-19-21-32(22-20-29)40-44-24-33(25-45-40)35-27-47-41(49-35)36-18-13-23-53(36)43(55)38(51(4)5)31-16-11-8-12-17-31/h7-12,14-17,19-22,24-28,36-38H,13,18,23H2,1-6H3,(H,46,48)(H,47,49)/t28-,36?,37-,38?/m0/s1. The van der Waals surface area contributed by atoms with Crippen molar-refractivity contribution in [2.75, 3.05) is 41.8 Å². The number of H-pyrrole nitrogens is 2. The summed E-state index contributed by atoms with van der Waals surface area (Å²) < 4.78 is 0. The molecule has 12 heteroatoms. The number of hydrogen-bond donors (Lipinski definition) is 2. The lowest BCUT2D eigenvalue weighted by Crippen LogP contribution is -2.40. The van der Waals surface area contributed by atoms with E-state index >= 15 is 0 Å². The Balaban J connectivity index is 1.00. The van der Waals surface area contributed by atoms with Crippen LogP contribution in [-0.2, 0) is 9.59 Å². The van der Waals surface area contributed by atoms with Crippen LogP contribution in [0.3, 0.4) is 0 Å². The molecule has 0 saturated carbocycles. The normalized spacial score (nSPS) is 16.0. The van der Waals surface area contributed by atoms with Crippen LogP contribution in [0.4, 0.5) is 0 Å². The molecule has 0 radical (unpaired) electrons. The van der Waals surface area contributed by atoms with E-state index in [1.165, 1.54) is 0 Å². The fourth-order valence-electron chi connectivity index (χ4n) is 7.40. The maximum absolute atomic E-state index is 13.9. The quantitative estimate of drug-likeness (QED) is 0.142. The Hall–Kier alpha value is -5.98. The van der Waals surface area contributed by atoms with E-state index in [-0.39, 0.29) is 29.9 Å². The molecule has 1 aliphatic rings. The molecule has 7 rings (SSSR count). The van der Waals surface area contributed by atoms with Crippen molar-refractivity contribution < 1.29 is 9.59 Å². The number of amides is 2. The smallest absolute Gasteiger partial charge is 0.245 e. The van der Waals surface area contributed by atoms with Gasteiger partial charge in [0.2, 0.25) is 11.8 Å². The van der Waals surface area contributed by atoms with Crippen molar-refractivity contribution in [2.24, 2.45) is 0 Å². The Labute approximate surface area is 322 Å². The second-order valence-electron chi connectivity index (χ2n) is 14.6.